The van der Waals surface area contributed by atoms with Gasteiger partial charge in [0.05, 0.1) is 29.1 Å². The Hall–Kier alpha value is -7.97. The van der Waals surface area contributed by atoms with Crippen LogP contribution in [0.1, 0.15) is 26.3 Å². The van der Waals surface area contributed by atoms with E-state index in [1.54, 1.807) is 0 Å². The van der Waals surface area contributed by atoms with Crippen LogP contribution >= 0.6 is 0 Å². The van der Waals surface area contributed by atoms with Gasteiger partial charge in [-0.15, -0.1) is 0 Å². The maximum absolute atomic E-state index is 6.69. The summed E-state index contributed by atoms with van der Waals surface area (Å²) in [5, 5.41) is 2.30. The second-order valence-corrected chi connectivity index (χ2v) is 17.0. The van der Waals surface area contributed by atoms with E-state index >= 15 is 0 Å². The van der Waals surface area contributed by atoms with Crippen molar-refractivity contribution in [3.63, 3.8) is 0 Å². The van der Waals surface area contributed by atoms with E-state index < -0.39 is 0 Å². The molecule has 0 bridgehead atoms. The summed E-state index contributed by atoms with van der Waals surface area (Å²) in [6.45, 7) is 7.30. The zero-order valence-corrected chi connectivity index (χ0v) is 34.5. The van der Waals surface area contributed by atoms with Crippen LogP contribution in [0.5, 0.6) is 34.5 Å². The van der Waals surface area contributed by atoms with Crippen LogP contribution in [-0.4, -0.2) is 16.2 Å². The molecule has 5 heterocycles. The summed E-state index contributed by atoms with van der Waals surface area (Å²) in [5.41, 5.74) is 10.5. The highest BCUT2D eigenvalue weighted by Crippen LogP contribution is 2.60. The van der Waals surface area contributed by atoms with Crippen LogP contribution in [-0.2, 0) is 5.41 Å². The summed E-state index contributed by atoms with van der Waals surface area (Å²) in [6.07, 6.45) is 6.10. The van der Waals surface area contributed by atoms with Crippen LogP contribution in [0.2, 0.25) is 0 Å². The van der Waals surface area contributed by atoms with Gasteiger partial charge in [-0.05, 0) is 94.9 Å². The molecule has 9 aromatic rings. The van der Waals surface area contributed by atoms with E-state index in [0.29, 0.717) is 6.67 Å². The molecule has 0 atom stereocenters. The number of pyridine rings is 1. The number of benzene rings is 7. The first-order valence-electron chi connectivity index (χ1n) is 20.9. The van der Waals surface area contributed by atoms with Crippen molar-refractivity contribution in [1.82, 2.24) is 9.55 Å². The van der Waals surface area contributed by atoms with Crippen LogP contribution in [0.4, 0.5) is 28.4 Å². The quantitative estimate of drug-likeness (QED) is 0.166. The van der Waals surface area contributed by atoms with Gasteiger partial charge >= 0.3 is 0 Å². The molecule has 3 aliphatic rings. The third kappa shape index (κ3) is 5.94. The topological polar surface area (TPSA) is 55.2 Å². The van der Waals surface area contributed by atoms with E-state index in [1.807, 2.05) is 54.7 Å². The average molecular weight is 808 g/mol. The molecule has 12 rings (SSSR count). The molecule has 0 saturated carbocycles. The minimum absolute atomic E-state index is 0.0289. The Bertz CT molecular complexity index is 3200. The Labute approximate surface area is 359 Å². The van der Waals surface area contributed by atoms with E-state index in [1.165, 1.54) is 16.7 Å². The number of rotatable bonds is 6. The highest BCUT2D eigenvalue weighted by Gasteiger charge is 2.35. The molecular weight excluding hydrogens is 767 g/mol. The first kappa shape index (κ1) is 35.9. The smallest absolute Gasteiger partial charge is 0.157 e. The zero-order valence-electron chi connectivity index (χ0n) is 34.5. The molecule has 0 radical (unpaired) electrons. The maximum atomic E-state index is 6.69. The highest BCUT2D eigenvalue weighted by molar-refractivity contribution is 6.10. The van der Waals surface area contributed by atoms with Crippen molar-refractivity contribution in [2.45, 2.75) is 26.2 Å². The van der Waals surface area contributed by atoms with Crippen LogP contribution in [0.15, 0.2) is 182 Å². The molecule has 0 saturated heterocycles. The predicted octanol–water partition coefficient (Wildman–Crippen LogP) is 14.4. The monoisotopic (exact) mass is 807 g/mol. The molecule has 8 heteroatoms. The maximum Gasteiger partial charge on any atom is 0.157 e. The molecule has 300 valence electrons. The lowest BCUT2D eigenvalue weighted by Gasteiger charge is -2.38. The summed E-state index contributed by atoms with van der Waals surface area (Å²) in [4.78, 5) is 11.6. The molecule has 8 nitrogen and oxygen atoms in total. The standard InChI is InChI=1S/C54H41N5O3/c1-54(2,3)37-24-25-55-52(29-37)58-44-23-20-36(35-12-5-4-6-13-35)28-43(44)42-22-21-41(33-47(42)58)60-40-15-11-14-38(30-40)56-26-27-57(34-56)39-31-50-53-51(32-39)62-49-19-10-8-17-46(49)59(53)45-16-7-9-18-48(45)61-50/h4-33H,34H2,1-3H3. The molecule has 0 unspecified atom stereocenters. The first-order valence-corrected chi connectivity index (χ1v) is 20.9. The van der Waals surface area contributed by atoms with E-state index in [-0.39, 0.29) is 5.41 Å². The van der Waals surface area contributed by atoms with Gasteiger partial charge in [0.2, 0.25) is 0 Å². The van der Waals surface area contributed by atoms with Crippen LogP contribution < -0.4 is 28.9 Å². The number of fused-ring (bicyclic) bond motifs is 7. The summed E-state index contributed by atoms with van der Waals surface area (Å²) in [6, 6.07) is 56.6. The lowest BCUT2D eigenvalue weighted by Crippen LogP contribution is -2.25. The average Bonchev–Trinajstić information content (AvgIpc) is 3.92. The molecule has 0 aliphatic carbocycles. The Morgan fingerprint density at radius 3 is 1.97 bits per heavy atom. The van der Waals surface area contributed by atoms with Gasteiger partial charge < -0.3 is 24.0 Å². The van der Waals surface area contributed by atoms with Gasteiger partial charge in [0.25, 0.3) is 0 Å². The minimum Gasteiger partial charge on any atom is -0.457 e. The molecule has 62 heavy (non-hydrogen) atoms. The third-order valence-corrected chi connectivity index (χ3v) is 12.0. The van der Waals surface area contributed by atoms with Crippen LogP contribution in [0.3, 0.4) is 0 Å². The van der Waals surface area contributed by atoms with Crippen molar-refractivity contribution in [2.75, 3.05) is 21.4 Å². The Kier molecular flexibility index (Phi) is 7.99. The second kappa shape index (κ2) is 13.8. The SMILES string of the molecule is CC(C)(C)c1ccnc(-n2c3ccc(-c4ccccc4)cc3c3ccc(Oc4cccc(N5C=CN(c6cc7c8c(c6)Oc6ccccc6N8c6ccccc6O7)C5)c4)cc32)c1. The second-order valence-electron chi connectivity index (χ2n) is 17.0. The summed E-state index contributed by atoms with van der Waals surface area (Å²) < 4.78 is 22.0. The summed E-state index contributed by atoms with van der Waals surface area (Å²) in [5.74, 6) is 5.47. The van der Waals surface area contributed by atoms with Gasteiger partial charge in [0.15, 0.2) is 23.0 Å². The van der Waals surface area contributed by atoms with Gasteiger partial charge in [-0.25, -0.2) is 4.98 Å². The summed E-state index contributed by atoms with van der Waals surface area (Å²) >= 11 is 0. The van der Waals surface area contributed by atoms with Gasteiger partial charge in [-0.1, -0.05) is 87.5 Å². The Morgan fingerprint density at radius 2 is 1.23 bits per heavy atom. The molecule has 2 aromatic heterocycles. The van der Waals surface area contributed by atoms with E-state index in [4.69, 9.17) is 19.2 Å². The number of hydrogen-bond acceptors (Lipinski definition) is 7. The van der Waals surface area contributed by atoms with Gasteiger partial charge in [0, 0.05) is 65.0 Å². The number of nitrogens with zero attached hydrogens (tertiary/aromatic N) is 5. The van der Waals surface area contributed by atoms with Crippen molar-refractivity contribution in [3.8, 4) is 51.4 Å². The molecular formula is C54H41N5O3. The zero-order chi connectivity index (χ0) is 41.5. The van der Waals surface area contributed by atoms with Gasteiger partial charge in [0.1, 0.15) is 23.0 Å². The molecule has 7 aromatic carbocycles. The highest BCUT2D eigenvalue weighted by atomic mass is 16.5. The lowest BCUT2D eigenvalue weighted by atomic mass is 9.88. The molecule has 3 aliphatic heterocycles. The number of ether oxygens (including phenoxy) is 3. The van der Waals surface area contributed by atoms with Crippen molar-refractivity contribution in [3.05, 3.63) is 188 Å². The van der Waals surface area contributed by atoms with E-state index in [0.717, 1.165) is 90.6 Å². The van der Waals surface area contributed by atoms with E-state index in [2.05, 4.69) is 168 Å². The molecule has 0 spiro atoms. The molecule has 0 N–H and O–H groups in total. The molecule has 0 amide bonds. The summed E-state index contributed by atoms with van der Waals surface area (Å²) in [7, 11) is 0. The number of hydrogen-bond donors (Lipinski definition) is 0. The van der Waals surface area contributed by atoms with Crippen molar-refractivity contribution in [2.24, 2.45) is 0 Å². The van der Waals surface area contributed by atoms with Gasteiger partial charge in [-0.3, -0.25) is 9.47 Å². The normalized spacial score (nSPS) is 13.8. The fourth-order valence-electron chi connectivity index (χ4n) is 8.92. The van der Waals surface area contributed by atoms with Crippen molar-refractivity contribution in [1.29, 1.82) is 0 Å². The Balaban J connectivity index is 0.855. The van der Waals surface area contributed by atoms with Crippen LogP contribution in [0.25, 0.3) is 38.8 Å². The van der Waals surface area contributed by atoms with Crippen LogP contribution in [0, 0.1) is 0 Å². The fraction of sp³-hybridized carbons (Fsp3) is 0.0926. The number of aromatic nitrogens is 2. The first-order chi connectivity index (χ1) is 30.3. The van der Waals surface area contributed by atoms with Crippen molar-refractivity contribution >= 4 is 50.2 Å². The third-order valence-electron chi connectivity index (χ3n) is 12.0. The number of anilines is 5. The minimum atomic E-state index is -0.0289. The molecule has 0 fully saturated rings. The number of para-hydroxylation sites is 4. The largest absolute Gasteiger partial charge is 0.457 e. The van der Waals surface area contributed by atoms with E-state index in [9.17, 15) is 0 Å². The lowest BCUT2D eigenvalue weighted by molar-refractivity contribution is 0.446. The van der Waals surface area contributed by atoms with Crippen molar-refractivity contribution < 1.29 is 14.2 Å². The fourth-order valence-corrected chi connectivity index (χ4v) is 8.92. The van der Waals surface area contributed by atoms with Gasteiger partial charge in [-0.2, -0.15) is 0 Å². The Morgan fingerprint density at radius 1 is 0.532 bits per heavy atom. The predicted molar refractivity (Wildman–Crippen MR) is 249 cm³/mol.